The van der Waals surface area contributed by atoms with E-state index in [9.17, 15) is 0 Å². The molecule has 0 atom stereocenters. The fourth-order valence-electron chi connectivity index (χ4n) is 2.00. The van der Waals surface area contributed by atoms with Gasteiger partial charge in [0.2, 0.25) is 0 Å². The SMILES string of the molecule is Clc1cccc(NCCN2CCCC2)c1Cl. The van der Waals surface area contributed by atoms with Crippen LogP contribution in [0.3, 0.4) is 0 Å². The van der Waals surface area contributed by atoms with E-state index in [1.165, 1.54) is 25.9 Å². The summed E-state index contributed by atoms with van der Waals surface area (Å²) in [6, 6.07) is 5.67. The average Bonchev–Trinajstić information content (AvgIpc) is 2.77. The van der Waals surface area contributed by atoms with Crippen LogP contribution in [0.5, 0.6) is 0 Å². The predicted octanol–water partition coefficient (Wildman–Crippen LogP) is 3.50. The normalized spacial score (nSPS) is 16.6. The summed E-state index contributed by atoms with van der Waals surface area (Å²) >= 11 is 12.0. The van der Waals surface area contributed by atoms with Gasteiger partial charge in [-0.15, -0.1) is 0 Å². The molecule has 0 saturated carbocycles. The lowest BCUT2D eigenvalue weighted by Crippen LogP contribution is -2.25. The number of hydrogen-bond acceptors (Lipinski definition) is 2. The van der Waals surface area contributed by atoms with E-state index >= 15 is 0 Å². The third kappa shape index (κ3) is 3.03. The van der Waals surface area contributed by atoms with Crippen LogP contribution in [0.2, 0.25) is 10.0 Å². The molecule has 2 nitrogen and oxygen atoms in total. The maximum atomic E-state index is 6.08. The Bertz CT molecular complexity index is 349. The number of likely N-dealkylation sites (tertiary alicyclic amines) is 1. The van der Waals surface area contributed by atoms with Crippen LogP contribution >= 0.6 is 23.2 Å². The fraction of sp³-hybridized carbons (Fsp3) is 0.500. The van der Waals surface area contributed by atoms with Crippen molar-refractivity contribution in [3.05, 3.63) is 28.2 Å². The molecule has 2 rings (SSSR count). The molecule has 0 spiro atoms. The summed E-state index contributed by atoms with van der Waals surface area (Å²) in [4.78, 5) is 2.46. The molecule has 16 heavy (non-hydrogen) atoms. The van der Waals surface area contributed by atoms with E-state index in [2.05, 4.69) is 10.2 Å². The lowest BCUT2D eigenvalue weighted by atomic mass is 10.3. The van der Waals surface area contributed by atoms with E-state index in [1.54, 1.807) is 6.07 Å². The highest BCUT2D eigenvalue weighted by Crippen LogP contribution is 2.29. The quantitative estimate of drug-likeness (QED) is 0.890. The van der Waals surface area contributed by atoms with Crippen LogP contribution in [0.25, 0.3) is 0 Å². The third-order valence-electron chi connectivity index (χ3n) is 2.89. The van der Waals surface area contributed by atoms with Gasteiger partial charge in [0.25, 0.3) is 0 Å². The van der Waals surface area contributed by atoms with Crippen molar-refractivity contribution in [3.8, 4) is 0 Å². The standard InChI is InChI=1S/C12H16Cl2N2/c13-10-4-3-5-11(12(10)14)15-6-9-16-7-1-2-8-16/h3-5,15H,1-2,6-9H2. The Balaban J connectivity index is 1.82. The van der Waals surface area contributed by atoms with Crippen molar-refractivity contribution in [2.24, 2.45) is 0 Å². The van der Waals surface area contributed by atoms with Crippen LogP contribution < -0.4 is 5.32 Å². The number of halogens is 2. The zero-order chi connectivity index (χ0) is 11.4. The van der Waals surface area contributed by atoms with Gasteiger partial charge < -0.3 is 10.2 Å². The highest BCUT2D eigenvalue weighted by atomic mass is 35.5. The molecule has 0 aromatic heterocycles. The first-order valence-corrected chi connectivity index (χ1v) is 6.43. The van der Waals surface area contributed by atoms with Crippen molar-refractivity contribution in [1.29, 1.82) is 0 Å². The van der Waals surface area contributed by atoms with E-state index in [4.69, 9.17) is 23.2 Å². The number of nitrogens with one attached hydrogen (secondary N) is 1. The van der Waals surface area contributed by atoms with Crippen LogP contribution in [0.15, 0.2) is 18.2 Å². The Morgan fingerprint density at radius 2 is 1.94 bits per heavy atom. The first kappa shape index (κ1) is 12.0. The van der Waals surface area contributed by atoms with Crippen molar-refractivity contribution in [3.63, 3.8) is 0 Å². The molecule has 1 fully saturated rings. The van der Waals surface area contributed by atoms with Crippen LogP contribution in [0, 0.1) is 0 Å². The van der Waals surface area contributed by atoms with Crippen LogP contribution in [0.1, 0.15) is 12.8 Å². The molecule has 88 valence electrons. The van der Waals surface area contributed by atoms with Gasteiger partial charge in [-0.05, 0) is 38.1 Å². The Labute approximate surface area is 107 Å². The second kappa shape index (κ2) is 5.76. The number of nitrogens with zero attached hydrogens (tertiary/aromatic N) is 1. The smallest absolute Gasteiger partial charge is 0.0823 e. The maximum absolute atomic E-state index is 6.08. The van der Waals surface area contributed by atoms with Crippen molar-refractivity contribution < 1.29 is 0 Å². The lowest BCUT2D eigenvalue weighted by Gasteiger charge is -2.16. The van der Waals surface area contributed by atoms with E-state index in [-0.39, 0.29) is 0 Å². The number of rotatable bonds is 4. The van der Waals surface area contributed by atoms with Crippen LogP contribution in [0.4, 0.5) is 5.69 Å². The molecule has 1 heterocycles. The molecule has 0 bridgehead atoms. The Morgan fingerprint density at radius 3 is 2.69 bits per heavy atom. The molecular formula is C12H16Cl2N2. The van der Waals surface area contributed by atoms with Gasteiger partial charge in [-0.25, -0.2) is 0 Å². The highest BCUT2D eigenvalue weighted by molar-refractivity contribution is 6.43. The topological polar surface area (TPSA) is 15.3 Å². The van der Waals surface area contributed by atoms with Crippen molar-refractivity contribution in [2.75, 3.05) is 31.5 Å². The van der Waals surface area contributed by atoms with Gasteiger partial charge in [-0.2, -0.15) is 0 Å². The molecule has 1 aliphatic heterocycles. The molecule has 1 N–H and O–H groups in total. The van der Waals surface area contributed by atoms with Gasteiger partial charge in [0.1, 0.15) is 0 Å². The molecule has 4 heteroatoms. The minimum Gasteiger partial charge on any atom is -0.383 e. The lowest BCUT2D eigenvalue weighted by molar-refractivity contribution is 0.352. The van der Waals surface area contributed by atoms with Crippen molar-refractivity contribution >= 4 is 28.9 Å². The minimum absolute atomic E-state index is 0.604. The summed E-state index contributed by atoms with van der Waals surface area (Å²) in [5.74, 6) is 0. The number of benzene rings is 1. The first-order valence-electron chi connectivity index (χ1n) is 5.67. The zero-order valence-corrected chi connectivity index (χ0v) is 10.7. The van der Waals surface area contributed by atoms with Gasteiger partial charge in [-0.1, -0.05) is 29.3 Å². The first-order chi connectivity index (χ1) is 7.77. The minimum atomic E-state index is 0.604. The maximum Gasteiger partial charge on any atom is 0.0823 e. The third-order valence-corrected chi connectivity index (χ3v) is 3.71. The Morgan fingerprint density at radius 1 is 1.19 bits per heavy atom. The Kier molecular flexibility index (Phi) is 4.33. The molecule has 0 aliphatic carbocycles. The molecule has 0 radical (unpaired) electrons. The molecule has 1 saturated heterocycles. The monoisotopic (exact) mass is 258 g/mol. The van der Waals surface area contributed by atoms with Gasteiger partial charge in [-0.3, -0.25) is 0 Å². The summed E-state index contributed by atoms with van der Waals surface area (Å²) in [5.41, 5.74) is 0.924. The summed E-state index contributed by atoms with van der Waals surface area (Å²) in [6.07, 6.45) is 2.66. The fourth-order valence-corrected chi connectivity index (χ4v) is 2.36. The summed E-state index contributed by atoms with van der Waals surface area (Å²) in [5, 5.41) is 4.54. The summed E-state index contributed by atoms with van der Waals surface area (Å²) in [6.45, 7) is 4.44. The molecule has 1 aliphatic rings. The largest absolute Gasteiger partial charge is 0.383 e. The average molecular weight is 259 g/mol. The molecule has 1 aromatic carbocycles. The molecule has 1 aromatic rings. The van der Waals surface area contributed by atoms with Crippen LogP contribution in [-0.2, 0) is 0 Å². The molecular weight excluding hydrogens is 243 g/mol. The molecule has 0 unspecified atom stereocenters. The summed E-state index contributed by atoms with van der Waals surface area (Å²) < 4.78 is 0. The van der Waals surface area contributed by atoms with Gasteiger partial charge in [0.15, 0.2) is 0 Å². The van der Waals surface area contributed by atoms with Gasteiger partial charge in [0, 0.05) is 13.1 Å². The predicted molar refractivity (Wildman–Crippen MR) is 70.6 cm³/mol. The van der Waals surface area contributed by atoms with Crippen molar-refractivity contribution in [1.82, 2.24) is 4.90 Å². The van der Waals surface area contributed by atoms with Crippen molar-refractivity contribution in [2.45, 2.75) is 12.8 Å². The van der Waals surface area contributed by atoms with Gasteiger partial charge >= 0.3 is 0 Å². The van der Waals surface area contributed by atoms with E-state index in [0.717, 1.165) is 18.8 Å². The second-order valence-corrected chi connectivity index (χ2v) is 4.86. The van der Waals surface area contributed by atoms with E-state index in [0.29, 0.717) is 10.0 Å². The van der Waals surface area contributed by atoms with Crippen LogP contribution in [-0.4, -0.2) is 31.1 Å². The Hall–Kier alpha value is -0.440. The number of anilines is 1. The second-order valence-electron chi connectivity index (χ2n) is 4.08. The van der Waals surface area contributed by atoms with E-state index in [1.807, 2.05) is 12.1 Å². The number of hydrogen-bond donors (Lipinski definition) is 1. The zero-order valence-electron chi connectivity index (χ0n) is 9.18. The summed E-state index contributed by atoms with van der Waals surface area (Å²) in [7, 11) is 0. The molecule has 0 amide bonds. The highest BCUT2D eigenvalue weighted by Gasteiger charge is 2.10. The van der Waals surface area contributed by atoms with E-state index < -0.39 is 0 Å². The van der Waals surface area contributed by atoms with Gasteiger partial charge in [0.05, 0.1) is 15.7 Å².